The second kappa shape index (κ2) is 96.3. The zero-order valence-electron chi connectivity index (χ0n) is 78.3. The smallest absolute Gasteiger partial charge is 0.463 e. The lowest BCUT2D eigenvalue weighted by Gasteiger charge is -2.21. The summed E-state index contributed by atoms with van der Waals surface area (Å²) in [5.41, 5.74) is 0. The van der Waals surface area contributed by atoms with Crippen molar-refractivity contribution in [2.75, 3.05) is 39.6 Å². The number of esters is 3. The molecule has 5 unspecified atom stereocenters. The number of hydrogen-bond acceptors (Lipinski definition) is 14. The van der Waals surface area contributed by atoms with Crippen molar-refractivity contribution in [1.29, 1.82) is 0 Å². The van der Waals surface area contributed by atoms with Crippen LogP contribution in [0.4, 0.5) is 0 Å². The van der Waals surface area contributed by atoms with Crippen LogP contribution in [0.5, 0.6) is 0 Å². The summed E-state index contributed by atoms with van der Waals surface area (Å²) in [6.45, 7) is 2.49. The Bertz CT molecular complexity index is 2870. The molecule has 0 saturated heterocycles. The number of aliphatic hydroxyl groups is 2. The number of carbonyl (C=O) groups excluding carboxylic acids is 3. The van der Waals surface area contributed by atoms with Gasteiger partial charge in [0.05, 0.1) is 26.4 Å². The molecule has 5 atom stereocenters. The lowest BCUT2D eigenvalue weighted by molar-refractivity contribution is -0.161. The highest BCUT2D eigenvalue weighted by atomic mass is 31.2. The third-order valence-electron chi connectivity index (χ3n) is 21.2. The molecule has 0 spiro atoms. The normalized spacial score (nSPS) is 14.4. The standard InChI is InChI=1S/C105H182O16P2/c1-4-7-10-13-16-19-22-25-28-31-33-35-37-39-41-43-45-47-49-51-53-55-57-59-61-63-65-68-70-73-76-79-82-85-88-91-103(108)115-94-100(106)95-117-122(111,112)118-96-101(107)97-119-123(113,114)120-99-102(121-105(110)93-90-87-84-81-78-75-72-67-30-27-24-21-18-15-12-9-6-3)98-116-104(109)92-89-86-83-80-77-74-71-69-66-64-62-60-58-56-54-52-50-48-46-44-42-40-38-36-34-32-29-26-23-20-17-14-11-8-5-2/h7,9-10,12,16-21,25-30,33-36,39-42,45,47,100-102,106-107H,4-6,8,11,13-15,22-24,31-32,37-38,43-44,46,48-99H2,1-3H3,(H,111,112)(H,113,114)/b10-7-,12-9-,19-16-,20-17-,21-18-,28-25-,29-26-,30-27-,35-33-,36-34-,41-39-,42-40-,47-45-. The molecule has 16 nitrogen and oxygen atoms in total. The van der Waals surface area contributed by atoms with Crippen molar-refractivity contribution >= 4 is 33.6 Å². The van der Waals surface area contributed by atoms with Crippen LogP contribution in [0.1, 0.15) is 432 Å². The van der Waals surface area contributed by atoms with E-state index in [-0.39, 0.29) is 19.3 Å². The fourth-order valence-electron chi connectivity index (χ4n) is 13.8. The molecule has 0 aliphatic heterocycles. The van der Waals surface area contributed by atoms with Gasteiger partial charge in [0.2, 0.25) is 0 Å². The van der Waals surface area contributed by atoms with E-state index < -0.39 is 91.5 Å². The van der Waals surface area contributed by atoms with E-state index in [0.29, 0.717) is 19.3 Å². The molecule has 0 amide bonds. The Morgan fingerprint density at radius 1 is 0.236 bits per heavy atom. The monoisotopic (exact) mass is 1760 g/mol. The van der Waals surface area contributed by atoms with E-state index in [0.717, 1.165) is 161 Å². The Labute approximate surface area is 752 Å². The molecule has 0 aromatic carbocycles. The minimum absolute atomic E-state index is 0.0932. The van der Waals surface area contributed by atoms with Crippen molar-refractivity contribution in [1.82, 2.24) is 0 Å². The zero-order valence-corrected chi connectivity index (χ0v) is 80.1. The minimum Gasteiger partial charge on any atom is -0.463 e. The molecule has 4 N–H and O–H groups in total. The highest BCUT2D eigenvalue weighted by Crippen LogP contribution is 2.45. The van der Waals surface area contributed by atoms with E-state index >= 15 is 0 Å². The van der Waals surface area contributed by atoms with Crippen LogP contribution in [0.3, 0.4) is 0 Å². The summed E-state index contributed by atoms with van der Waals surface area (Å²) in [7, 11) is -9.81. The number of phosphoric ester groups is 2. The first-order valence-electron chi connectivity index (χ1n) is 49.8. The molecule has 18 heteroatoms. The zero-order chi connectivity index (χ0) is 89.3. The first-order valence-corrected chi connectivity index (χ1v) is 52.8. The van der Waals surface area contributed by atoms with Gasteiger partial charge in [-0.2, -0.15) is 0 Å². The molecule has 0 radical (unpaired) electrons. The van der Waals surface area contributed by atoms with E-state index in [1.165, 1.54) is 212 Å². The van der Waals surface area contributed by atoms with Crippen LogP contribution in [0.2, 0.25) is 0 Å². The van der Waals surface area contributed by atoms with Gasteiger partial charge >= 0.3 is 33.6 Å². The second-order valence-electron chi connectivity index (χ2n) is 33.2. The predicted molar refractivity (Wildman–Crippen MR) is 519 cm³/mol. The molecule has 0 aromatic rings. The lowest BCUT2D eigenvalue weighted by atomic mass is 10.0. The average molecular weight is 1760 g/mol. The molecule has 0 heterocycles. The SMILES string of the molecule is CC/C=C\C/C=C\C/C=C\C/C=C\C/C=C\C/C=C\CCCCCCCCCCCCCCCCCCC(=O)OCC(O)COP(=O)(O)OCC(O)COP(=O)(O)OCC(COC(=O)CCCCCCCCCCCCCCCCCCCCC/C=C\C/C=C\C/C=C\C/C=C\CCCCC)OC(=O)CCCCCCCCC/C=C\C/C=C\C/C=C\CC. The molecule has 0 bridgehead atoms. The van der Waals surface area contributed by atoms with E-state index in [2.05, 4.69) is 179 Å². The summed E-state index contributed by atoms with van der Waals surface area (Å²) in [6, 6.07) is 0. The third kappa shape index (κ3) is 97.6. The maximum absolute atomic E-state index is 13.1. The lowest BCUT2D eigenvalue weighted by Crippen LogP contribution is -2.30. The van der Waals surface area contributed by atoms with Gasteiger partial charge in [-0.25, -0.2) is 9.13 Å². The van der Waals surface area contributed by atoms with Gasteiger partial charge in [0.1, 0.15) is 25.4 Å². The highest BCUT2D eigenvalue weighted by Gasteiger charge is 2.30. The van der Waals surface area contributed by atoms with Crippen molar-refractivity contribution in [3.63, 3.8) is 0 Å². The number of aliphatic hydroxyl groups excluding tert-OH is 2. The summed E-state index contributed by atoms with van der Waals surface area (Å²) >= 11 is 0. The maximum atomic E-state index is 13.1. The Morgan fingerprint density at radius 2 is 0.431 bits per heavy atom. The molecule has 123 heavy (non-hydrogen) atoms. The van der Waals surface area contributed by atoms with Crippen molar-refractivity contribution in [2.45, 2.75) is 450 Å². The first kappa shape index (κ1) is 118. The van der Waals surface area contributed by atoms with Gasteiger partial charge in [-0.15, -0.1) is 0 Å². The molecular weight excluding hydrogens is 1580 g/mol. The maximum Gasteiger partial charge on any atom is 0.472 e. The molecule has 708 valence electrons. The Hall–Kier alpha value is -4.83. The number of allylic oxidation sites excluding steroid dienone is 26. The van der Waals surface area contributed by atoms with Crippen LogP contribution in [-0.4, -0.2) is 95.9 Å². The Morgan fingerprint density at radius 3 is 0.683 bits per heavy atom. The molecule has 0 saturated carbocycles. The highest BCUT2D eigenvalue weighted by molar-refractivity contribution is 7.47. The van der Waals surface area contributed by atoms with Crippen LogP contribution < -0.4 is 0 Å². The first-order chi connectivity index (χ1) is 60.2. The molecule has 0 rings (SSSR count). The van der Waals surface area contributed by atoms with Crippen molar-refractivity contribution in [3.8, 4) is 0 Å². The summed E-state index contributed by atoms with van der Waals surface area (Å²) in [4.78, 5) is 59.1. The quantitative estimate of drug-likeness (QED) is 0.0146. The molecule has 0 fully saturated rings. The van der Waals surface area contributed by atoms with Gasteiger partial charge in [0.25, 0.3) is 0 Å². The van der Waals surface area contributed by atoms with Crippen molar-refractivity contribution < 1.29 is 75.8 Å². The fourth-order valence-corrected chi connectivity index (χ4v) is 15.3. The Balaban J connectivity index is 4.44. The van der Waals surface area contributed by atoms with Gasteiger partial charge in [-0.05, 0) is 148 Å². The number of carbonyl (C=O) groups is 3. The van der Waals surface area contributed by atoms with E-state index in [1.807, 2.05) is 0 Å². The largest absolute Gasteiger partial charge is 0.472 e. The van der Waals surface area contributed by atoms with Crippen LogP contribution >= 0.6 is 15.6 Å². The molecule has 0 aliphatic rings. The average Bonchev–Trinajstić information content (AvgIpc) is 0.897. The number of unbranched alkanes of at least 4 members (excludes halogenated alkanes) is 45. The molecule has 0 aromatic heterocycles. The Kier molecular flexibility index (Phi) is 92.5. The van der Waals surface area contributed by atoms with E-state index in [9.17, 15) is 43.5 Å². The van der Waals surface area contributed by atoms with Gasteiger partial charge in [-0.3, -0.25) is 32.5 Å². The van der Waals surface area contributed by atoms with Crippen LogP contribution in [0.15, 0.2) is 158 Å². The van der Waals surface area contributed by atoms with Crippen LogP contribution in [0, 0.1) is 0 Å². The van der Waals surface area contributed by atoms with Crippen molar-refractivity contribution in [3.05, 3.63) is 158 Å². The molecule has 0 aliphatic carbocycles. The van der Waals surface area contributed by atoms with Gasteiger partial charge in [0, 0.05) is 19.3 Å². The number of phosphoric acid groups is 2. The predicted octanol–water partition coefficient (Wildman–Crippen LogP) is 31.2. The van der Waals surface area contributed by atoms with Crippen LogP contribution in [0.25, 0.3) is 0 Å². The van der Waals surface area contributed by atoms with Crippen molar-refractivity contribution in [2.24, 2.45) is 0 Å². The topological polar surface area (TPSA) is 231 Å². The van der Waals surface area contributed by atoms with Gasteiger partial charge in [0.15, 0.2) is 6.10 Å². The van der Waals surface area contributed by atoms with Crippen LogP contribution in [-0.2, 0) is 55.8 Å². The third-order valence-corrected chi connectivity index (χ3v) is 23.1. The van der Waals surface area contributed by atoms with Gasteiger partial charge in [-0.1, -0.05) is 423 Å². The van der Waals surface area contributed by atoms with E-state index in [1.54, 1.807) is 0 Å². The number of rotatable bonds is 94. The second-order valence-corrected chi connectivity index (χ2v) is 36.1. The fraction of sp³-hybridized carbons (Fsp3) is 0.724. The summed E-state index contributed by atoms with van der Waals surface area (Å²) in [5.74, 6) is -1.57. The summed E-state index contributed by atoms with van der Waals surface area (Å²) < 4.78 is 61.5. The molecular formula is C105H182O16P2. The summed E-state index contributed by atoms with van der Waals surface area (Å²) in [6.07, 6.45) is 125. The van der Waals surface area contributed by atoms with E-state index in [4.69, 9.17) is 32.3 Å². The number of hydrogen-bond donors (Lipinski definition) is 4. The number of ether oxygens (including phenoxy) is 3. The van der Waals surface area contributed by atoms with Gasteiger partial charge < -0.3 is 34.2 Å². The minimum atomic E-state index is -4.94. The summed E-state index contributed by atoms with van der Waals surface area (Å²) in [5, 5.41) is 20.8.